The normalized spacial score (nSPS) is 18.6. The molecular formula is C61H86F4S2. The summed E-state index contributed by atoms with van der Waals surface area (Å²) in [5.74, 6) is -1.31. The number of thioether (sulfide) groups is 2. The van der Waals surface area contributed by atoms with Gasteiger partial charge in [0.2, 0.25) is 0 Å². The molecule has 2 fully saturated rings. The van der Waals surface area contributed by atoms with E-state index in [2.05, 4.69) is 62.4 Å². The van der Waals surface area contributed by atoms with Crippen molar-refractivity contribution in [1.29, 1.82) is 0 Å². The number of benzene rings is 4. The Morgan fingerprint density at radius 3 is 0.910 bits per heavy atom. The lowest BCUT2D eigenvalue weighted by molar-refractivity contribution is 0.251. The second kappa shape index (κ2) is 33.0. The van der Waals surface area contributed by atoms with E-state index in [0.717, 1.165) is 49.4 Å². The molecule has 4 aromatic carbocycles. The van der Waals surface area contributed by atoms with Crippen LogP contribution in [-0.4, -0.2) is 11.5 Å². The van der Waals surface area contributed by atoms with Crippen molar-refractivity contribution in [2.75, 3.05) is 0 Å². The first-order valence-corrected chi connectivity index (χ1v) is 28.8. The van der Waals surface area contributed by atoms with Gasteiger partial charge in [0.1, 0.15) is 0 Å². The molecule has 0 aromatic heterocycles. The van der Waals surface area contributed by atoms with Gasteiger partial charge in [-0.1, -0.05) is 219 Å². The highest BCUT2D eigenvalue weighted by molar-refractivity contribution is 7.99. The fourth-order valence-corrected chi connectivity index (χ4v) is 11.7. The average Bonchev–Trinajstić information content (AvgIpc) is 3.35. The lowest BCUT2D eigenvalue weighted by Crippen LogP contribution is -2.13. The highest BCUT2D eigenvalue weighted by atomic mass is 32.2. The summed E-state index contributed by atoms with van der Waals surface area (Å²) >= 11 is 1.22. The molecule has 0 spiro atoms. The maximum atomic E-state index is 12.5. The first-order chi connectivity index (χ1) is 32.8. The molecule has 0 saturated heterocycles. The first kappa shape index (κ1) is 55.2. The molecule has 0 N–H and O–H groups in total. The molecular weight excluding hydrogens is 873 g/mol. The summed E-state index contributed by atoms with van der Waals surface area (Å²) in [6, 6.07) is 33.7. The molecule has 2 aliphatic carbocycles. The Bertz CT molecular complexity index is 1810. The molecule has 0 atom stereocenters. The van der Waals surface area contributed by atoms with Crippen LogP contribution in [0.1, 0.15) is 220 Å². The highest BCUT2D eigenvalue weighted by Crippen LogP contribution is 2.39. The van der Waals surface area contributed by atoms with Crippen molar-refractivity contribution in [3.05, 3.63) is 130 Å². The highest BCUT2D eigenvalue weighted by Gasteiger charge is 2.23. The smallest absolute Gasteiger partial charge is 0.198 e. The largest absolute Gasteiger partial charge is 0.288 e. The van der Waals surface area contributed by atoms with Gasteiger partial charge in [-0.15, -0.1) is 0 Å². The molecule has 0 bridgehead atoms. The van der Waals surface area contributed by atoms with E-state index >= 15 is 0 Å². The maximum absolute atomic E-state index is 12.5. The first-order valence-electron chi connectivity index (χ1n) is 27.0. The van der Waals surface area contributed by atoms with Gasteiger partial charge >= 0.3 is 0 Å². The third kappa shape index (κ3) is 22.7. The summed E-state index contributed by atoms with van der Waals surface area (Å²) in [5, 5.41) is 0. The number of unbranched alkanes of at least 4 members (excludes halogenated alkanes) is 13. The summed E-state index contributed by atoms with van der Waals surface area (Å²) in [6.07, 6.45) is 39.1. The third-order valence-corrected chi connectivity index (χ3v) is 16.4. The topological polar surface area (TPSA) is 0 Å². The van der Waals surface area contributed by atoms with E-state index < -0.39 is 11.5 Å². The van der Waals surface area contributed by atoms with Crippen molar-refractivity contribution in [3.8, 4) is 0 Å². The van der Waals surface area contributed by atoms with Gasteiger partial charge < -0.3 is 0 Å². The Labute approximate surface area is 414 Å². The van der Waals surface area contributed by atoms with Crippen LogP contribution in [0.3, 0.4) is 0 Å². The van der Waals surface area contributed by atoms with Gasteiger partial charge in [-0.05, 0) is 158 Å². The van der Waals surface area contributed by atoms with E-state index in [1.165, 1.54) is 194 Å². The van der Waals surface area contributed by atoms with Gasteiger partial charge in [0.05, 0.1) is 0 Å². The van der Waals surface area contributed by atoms with Gasteiger partial charge in [0, 0.05) is 9.79 Å². The van der Waals surface area contributed by atoms with E-state index in [1.807, 2.05) is 24.3 Å². The van der Waals surface area contributed by atoms with Gasteiger partial charge in [-0.25, -0.2) is 0 Å². The SMILES string of the molecule is CCCCCCCCCC[C@H]1CC[C@H](c2ccc(CCc3ccc(SC(F)F)cc3)cc2)CC1.CCCCCCCCC[C@H]1CC[C@H](c2ccc(CCc3ccc(SC(F)F)cc3)cc2)CC1. The summed E-state index contributed by atoms with van der Waals surface area (Å²) in [6.45, 7) is 4.57. The molecule has 6 heteroatoms. The zero-order valence-corrected chi connectivity index (χ0v) is 43.2. The van der Waals surface area contributed by atoms with Gasteiger partial charge in [0.15, 0.2) is 0 Å². The van der Waals surface area contributed by atoms with E-state index in [9.17, 15) is 17.6 Å². The number of aryl methyl sites for hydroxylation is 4. The average molecular weight is 959 g/mol. The molecule has 4 aromatic rings. The minimum Gasteiger partial charge on any atom is -0.198 e. The van der Waals surface area contributed by atoms with Gasteiger partial charge in [-0.2, -0.15) is 17.6 Å². The molecule has 6 rings (SSSR count). The van der Waals surface area contributed by atoms with Crippen LogP contribution >= 0.6 is 23.5 Å². The summed E-state index contributed by atoms with van der Waals surface area (Å²) in [4.78, 5) is 1.27. The predicted octanol–water partition coefficient (Wildman–Crippen LogP) is 20.8. The van der Waals surface area contributed by atoms with Gasteiger partial charge in [0.25, 0.3) is 11.5 Å². The van der Waals surface area contributed by atoms with Crippen LogP contribution in [-0.2, 0) is 25.7 Å². The quantitative estimate of drug-likeness (QED) is 0.0302. The number of halogens is 4. The molecule has 0 unspecified atom stereocenters. The van der Waals surface area contributed by atoms with E-state index in [0.29, 0.717) is 33.3 Å². The minimum atomic E-state index is -2.35. The van der Waals surface area contributed by atoms with Crippen molar-refractivity contribution in [2.24, 2.45) is 11.8 Å². The van der Waals surface area contributed by atoms with Crippen LogP contribution in [0, 0.1) is 11.8 Å². The van der Waals surface area contributed by atoms with Crippen LogP contribution in [0.15, 0.2) is 107 Å². The van der Waals surface area contributed by atoms with Crippen molar-refractivity contribution < 1.29 is 17.6 Å². The molecule has 0 amide bonds. The van der Waals surface area contributed by atoms with E-state index in [-0.39, 0.29) is 0 Å². The Kier molecular flexibility index (Phi) is 27.2. The molecule has 370 valence electrons. The standard InChI is InChI=1S/C31H44F2S.C30H42F2S/c1-2-3-4-5-6-7-8-9-10-25-13-19-28(20-14-25)29-21-15-26(16-22-29)11-12-27-17-23-30(24-18-27)34-31(32)33;1-2-3-4-5-6-7-8-9-24-12-18-27(19-13-24)28-20-14-25(15-21-28)10-11-26-16-22-29(23-17-26)33-30(31)32/h15-18,21-25,28,31H,2-14,19-20H2,1H3;14-17,20-24,27,30H,2-13,18-19H2,1H3/t25-,28-;24-,27-. The Balaban J connectivity index is 0.000000251. The second-order valence-corrected chi connectivity index (χ2v) is 22.3. The van der Waals surface area contributed by atoms with Crippen LogP contribution < -0.4 is 0 Å². The Morgan fingerprint density at radius 1 is 0.358 bits per heavy atom. The molecule has 0 heterocycles. The second-order valence-electron chi connectivity index (χ2n) is 20.1. The summed E-state index contributed by atoms with van der Waals surface area (Å²) < 4.78 is 49.8. The lowest BCUT2D eigenvalue weighted by Gasteiger charge is -2.29. The third-order valence-electron chi connectivity index (χ3n) is 15.0. The summed E-state index contributed by atoms with van der Waals surface area (Å²) in [7, 11) is 0. The van der Waals surface area contributed by atoms with Crippen LogP contribution in [0.25, 0.3) is 0 Å². The van der Waals surface area contributed by atoms with Crippen LogP contribution in [0.2, 0.25) is 0 Å². The zero-order valence-electron chi connectivity index (χ0n) is 41.5. The summed E-state index contributed by atoms with van der Waals surface area (Å²) in [5.41, 5.74) is 8.16. The lowest BCUT2D eigenvalue weighted by atomic mass is 9.77. The fraction of sp³-hybridized carbons (Fsp3) is 0.607. The number of rotatable bonds is 29. The Morgan fingerprint density at radius 2 is 0.627 bits per heavy atom. The molecule has 0 nitrogen and oxygen atoms in total. The number of hydrogen-bond donors (Lipinski definition) is 0. The molecule has 0 radical (unpaired) electrons. The molecule has 2 saturated carbocycles. The van der Waals surface area contributed by atoms with Crippen LogP contribution in [0.4, 0.5) is 17.6 Å². The van der Waals surface area contributed by atoms with Crippen molar-refractivity contribution >= 4 is 23.5 Å². The molecule has 67 heavy (non-hydrogen) atoms. The fourth-order valence-electron chi connectivity index (χ4n) is 10.7. The van der Waals surface area contributed by atoms with Gasteiger partial charge in [-0.3, -0.25) is 0 Å². The van der Waals surface area contributed by atoms with E-state index in [1.54, 1.807) is 24.3 Å². The van der Waals surface area contributed by atoms with Crippen LogP contribution in [0.5, 0.6) is 0 Å². The Hall–Kier alpha value is -2.70. The number of alkyl halides is 4. The zero-order chi connectivity index (χ0) is 47.3. The van der Waals surface area contributed by atoms with E-state index in [4.69, 9.17) is 0 Å². The number of hydrogen-bond acceptors (Lipinski definition) is 2. The molecule has 2 aliphatic rings. The monoisotopic (exact) mass is 959 g/mol. The van der Waals surface area contributed by atoms with Crippen molar-refractivity contribution in [2.45, 2.75) is 233 Å². The minimum absolute atomic E-state index is 0.611. The predicted molar refractivity (Wildman–Crippen MR) is 284 cm³/mol. The van der Waals surface area contributed by atoms with Crippen molar-refractivity contribution in [3.63, 3.8) is 0 Å². The molecule has 0 aliphatic heterocycles. The van der Waals surface area contributed by atoms with Crippen molar-refractivity contribution in [1.82, 2.24) is 0 Å². The maximum Gasteiger partial charge on any atom is 0.288 e.